The summed E-state index contributed by atoms with van der Waals surface area (Å²) in [5.41, 5.74) is 2.59. The molecule has 0 radical (unpaired) electrons. The number of hydrogen-bond donors (Lipinski definition) is 1. The number of aromatic nitrogens is 2. The van der Waals surface area contributed by atoms with Crippen LogP contribution in [0.5, 0.6) is 11.5 Å². The summed E-state index contributed by atoms with van der Waals surface area (Å²) in [7, 11) is 1.61. The van der Waals surface area contributed by atoms with Crippen molar-refractivity contribution in [1.29, 1.82) is 0 Å². The van der Waals surface area contributed by atoms with E-state index in [2.05, 4.69) is 15.6 Å². The first kappa shape index (κ1) is 18.4. The molecule has 0 saturated heterocycles. The number of methoxy groups -OCH3 is 1. The van der Waals surface area contributed by atoms with Crippen molar-refractivity contribution in [3.63, 3.8) is 0 Å². The lowest BCUT2D eigenvalue weighted by molar-refractivity contribution is 0.102. The van der Waals surface area contributed by atoms with Gasteiger partial charge >= 0.3 is 0 Å². The van der Waals surface area contributed by atoms with E-state index in [1.54, 1.807) is 25.3 Å². The number of hydrogen-bond acceptors (Lipinski definition) is 6. The van der Waals surface area contributed by atoms with Gasteiger partial charge in [0.15, 0.2) is 5.69 Å². The normalized spacial score (nSPS) is 10.5. The number of nitrogens with zero attached hydrogens (tertiary/aromatic N) is 2. The first-order valence-electron chi connectivity index (χ1n) is 8.64. The fraction of sp³-hybridized carbons (Fsp3) is 0.250. The average Bonchev–Trinajstić information content (AvgIpc) is 3.14. The summed E-state index contributed by atoms with van der Waals surface area (Å²) in [6.07, 6.45) is 0.851. The molecule has 0 fully saturated rings. The Bertz CT molecular complexity index is 936. The van der Waals surface area contributed by atoms with Crippen LogP contribution in [0, 0.1) is 6.92 Å². The predicted octanol–water partition coefficient (Wildman–Crippen LogP) is 4.09. The van der Waals surface area contributed by atoms with Crippen molar-refractivity contribution in [2.45, 2.75) is 20.3 Å². The Balaban J connectivity index is 1.86. The first-order chi connectivity index (χ1) is 13.1. The second-order valence-electron chi connectivity index (χ2n) is 5.94. The van der Waals surface area contributed by atoms with Crippen LogP contribution in [0.2, 0.25) is 0 Å². The van der Waals surface area contributed by atoms with Gasteiger partial charge in [0.05, 0.1) is 19.3 Å². The monoisotopic (exact) mass is 367 g/mol. The molecule has 1 heterocycles. The van der Waals surface area contributed by atoms with Gasteiger partial charge in [-0.25, -0.2) is 4.63 Å². The van der Waals surface area contributed by atoms with E-state index in [9.17, 15) is 4.79 Å². The number of benzene rings is 2. The van der Waals surface area contributed by atoms with Crippen LogP contribution < -0.4 is 14.8 Å². The van der Waals surface area contributed by atoms with E-state index < -0.39 is 0 Å². The summed E-state index contributed by atoms with van der Waals surface area (Å²) in [4.78, 5) is 12.7. The van der Waals surface area contributed by atoms with Crippen molar-refractivity contribution in [2.75, 3.05) is 19.0 Å². The van der Waals surface area contributed by atoms with Crippen molar-refractivity contribution in [3.05, 3.63) is 53.6 Å². The number of rotatable bonds is 7. The van der Waals surface area contributed by atoms with Gasteiger partial charge < -0.3 is 14.8 Å². The largest absolute Gasteiger partial charge is 0.497 e. The molecule has 0 atom stereocenters. The molecular weight excluding hydrogens is 346 g/mol. The lowest BCUT2D eigenvalue weighted by Crippen LogP contribution is -2.14. The van der Waals surface area contributed by atoms with Crippen LogP contribution in [-0.4, -0.2) is 29.9 Å². The molecule has 0 bridgehead atoms. The maximum absolute atomic E-state index is 12.7. The van der Waals surface area contributed by atoms with Crippen LogP contribution in [0.1, 0.15) is 29.3 Å². The van der Waals surface area contributed by atoms with Crippen LogP contribution in [0.15, 0.2) is 47.1 Å². The van der Waals surface area contributed by atoms with Gasteiger partial charge in [-0.2, -0.15) is 0 Å². The van der Waals surface area contributed by atoms with Gasteiger partial charge in [-0.05, 0) is 59.6 Å². The molecule has 2 aromatic carbocycles. The molecule has 0 unspecified atom stereocenters. The molecule has 3 rings (SSSR count). The number of amides is 1. The number of nitrogens with one attached hydrogen (secondary N) is 1. The van der Waals surface area contributed by atoms with E-state index in [0.717, 1.165) is 23.3 Å². The Morgan fingerprint density at radius 3 is 2.74 bits per heavy atom. The second-order valence-corrected chi connectivity index (χ2v) is 5.94. The fourth-order valence-corrected chi connectivity index (χ4v) is 2.64. The highest BCUT2D eigenvalue weighted by Crippen LogP contribution is 2.30. The van der Waals surface area contributed by atoms with Crippen molar-refractivity contribution in [3.8, 4) is 22.8 Å². The average molecular weight is 367 g/mol. The third kappa shape index (κ3) is 4.08. The highest BCUT2D eigenvalue weighted by Gasteiger charge is 2.19. The molecule has 140 valence electrons. The Labute approximate surface area is 157 Å². The summed E-state index contributed by atoms with van der Waals surface area (Å²) < 4.78 is 15.7. The number of anilines is 1. The van der Waals surface area contributed by atoms with Gasteiger partial charge in [-0.3, -0.25) is 4.79 Å². The molecule has 7 heteroatoms. The van der Waals surface area contributed by atoms with Crippen molar-refractivity contribution >= 4 is 11.7 Å². The maximum atomic E-state index is 12.7. The van der Waals surface area contributed by atoms with E-state index >= 15 is 0 Å². The predicted molar refractivity (Wildman–Crippen MR) is 101 cm³/mol. The van der Waals surface area contributed by atoms with Crippen LogP contribution in [0.3, 0.4) is 0 Å². The summed E-state index contributed by atoms with van der Waals surface area (Å²) in [6.45, 7) is 4.46. The molecular formula is C20H21N3O4. The van der Waals surface area contributed by atoms with Gasteiger partial charge in [-0.1, -0.05) is 19.1 Å². The van der Waals surface area contributed by atoms with E-state index in [4.69, 9.17) is 14.1 Å². The van der Waals surface area contributed by atoms with E-state index in [-0.39, 0.29) is 11.7 Å². The van der Waals surface area contributed by atoms with Crippen LogP contribution in [-0.2, 0) is 0 Å². The van der Waals surface area contributed by atoms with Crippen molar-refractivity contribution < 1.29 is 18.9 Å². The second kappa shape index (κ2) is 8.35. The van der Waals surface area contributed by atoms with Gasteiger partial charge in [0.25, 0.3) is 5.91 Å². The van der Waals surface area contributed by atoms with E-state index in [1.165, 1.54) is 0 Å². The van der Waals surface area contributed by atoms with Crippen LogP contribution in [0.4, 0.5) is 5.82 Å². The van der Waals surface area contributed by atoms with Crippen LogP contribution in [0.25, 0.3) is 11.3 Å². The molecule has 0 aliphatic heterocycles. The van der Waals surface area contributed by atoms with E-state index in [0.29, 0.717) is 23.6 Å². The fourth-order valence-electron chi connectivity index (χ4n) is 2.64. The number of carbonyl (C=O) groups excluding carboxylic acids is 1. The molecule has 1 amide bonds. The number of para-hydroxylation sites is 1. The van der Waals surface area contributed by atoms with Gasteiger partial charge in [0.1, 0.15) is 11.5 Å². The smallest absolute Gasteiger partial charge is 0.260 e. The van der Waals surface area contributed by atoms with Gasteiger partial charge in [0.2, 0.25) is 5.82 Å². The molecule has 0 aliphatic rings. The molecule has 1 aromatic heterocycles. The minimum absolute atomic E-state index is 0.249. The Morgan fingerprint density at radius 2 is 2.00 bits per heavy atom. The molecule has 7 nitrogen and oxygen atoms in total. The quantitative estimate of drug-likeness (QED) is 0.677. The highest BCUT2D eigenvalue weighted by molar-refractivity contribution is 6.07. The molecule has 0 aliphatic carbocycles. The first-order valence-corrected chi connectivity index (χ1v) is 8.64. The Morgan fingerprint density at radius 1 is 1.19 bits per heavy atom. The number of ether oxygens (including phenoxy) is 2. The molecule has 1 N–H and O–H groups in total. The molecule has 0 saturated carbocycles. The van der Waals surface area contributed by atoms with Gasteiger partial charge in [-0.15, -0.1) is 0 Å². The third-order valence-corrected chi connectivity index (χ3v) is 4.00. The van der Waals surface area contributed by atoms with Crippen molar-refractivity contribution in [1.82, 2.24) is 10.3 Å². The zero-order valence-corrected chi connectivity index (χ0v) is 15.5. The zero-order valence-electron chi connectivity index (χ0n) is 15.5. The van der Waals surface area contributed by atoms with Crippen LogP contribution >= 0.6 is 0 Å². The SMILES string of the molecule is CCCOc1ccccc1C(=O)Nc1nonc1-c1ccc(OC)cc1C. The lowest BCUT2D eigenvalue weighted by atomic mass is 10.1. The van der Waals surface area contributed by atoms with E-state index in [1.807, 2.05) is 38.1 Å². The summed E-state index contributed by atoms with van der Waals surface area (Å²) in [6, 6.07) is 12.6. The molecule has 27 heavy (non-hydrogen) atoms. The van der Waals surface area contributed by atoms with Gasteiger partial charge in [0, 0.05) is 5.56 Å². The Kier molecular flexibility index (Phi) is 5.71. The minimum atomic E-state index is -0.343. The summed E-state index contributed by atoms with van der Waals surface area (Å²) >= 11 is 0. The molecule has 3 aromatic rings. The number of carbonyl (C=O) groups is 1. The third-order valence-electron chi connectivity index (χ3n) is 4.00. The minimum Gasteiger partial charge on any atom is -0.497 e. The summed E-state index contributed by atoms with van der Waals surface area (Å²) in [5, 5.41) is 10.6. The Hall–Kier alpha value is -3.35. The zero-order chi connectivity index (χ0) is 19.2. The molecule has 0 spiro atoms. The number of aryl methyl sites for hydroxylation is 1. The summed E-state index contributed by atoms with van der Waals surface area (Å²) in [5.74, 6) is 1.17. The lowest BCUT2D eigenvalue weighted by Gasteiger charge is -2.11. The maximum Gasteiger partial charge on any atom is 0.260 e. The van der Waals surface area contributed by atoms with Crippen molar-refractivity contribution in [2.24, 2.45) is 0 Å². The standard InChI is InChI=1S/C20H21N3O4/c1-4-11-26-17-8-6-5-7-16(17)20(24)21-19-18(22-27-23-19)15-10-9-14(25-3)12-13(15)2/h5-10,12H,4,11H2,1-3H3,(H,21,23,24). The topological polar surface area (TPSA) is 86.5 Å². The highest BCUT2D eigenvalue weighted by atomic mass is 16.6.